The summed E-state index contributed by atoms with van der Waals surface area (Å²) in [5.74, 6) is -0.120. The summed E-state index contributed by atoms with van der Waals surface area (Å²) in [6.45, 7) is 1.78. The zero-order valence-electron chi connectivity index (χ0n) is 13.3. The Morgan fingerprint density at radius 3 is 2.54 bits per heavy atom. The molecular formula is C18H18N2O3S. The summed E-state index contributed by atoms with van der Waals surface area (Å²) in [6, 6.07) is 17.1. The van der Waals surface area contributed by atoms with E-state index in [1.165, 1.54) is 11.8 Å². The second-order valence-corrected chi connectivity index (χ2v) is 5.94. The molecule has 0 amide bonds. The summed E-state index contributed by atoms with van der Waals surface area (Å²) in [5, 5.41) is 10.5. The van der Waals surface area contributed by atoms with Crippen molar-refractivity contribution >= 4 is 23.4 Å². The monoisotopic (exact) mass is 342 g/mol. The van der Waals surface area contributed by atoms with E-state index in [2.05, 4.69) is 4.79 Å². The highest BCUT2D eigenvalue weighted by molar-refractivity contribution is 7.98. The molecule has 0 aliphatic heterocycles. The predicted molar refractivity (Wildman–Crippen MR) is 92.7 cm³/mol. The molecule has 0 aliphatic carbocycles. The van der Waals surface area contributed by atoms with Crippen LogP contribution in [0.25, 0.3) is 5.53 Å². The summed E-state index contributed by atoms with van der Waals surface area (Å²) >= 11 is 1.53. The maximum atomic E-state index is 11.8. The number of aliphatic hydroxyl groups excluding tert-OH is 1. The SMILES string of the molecule is CCOC(=O)C(=[N+]=[N-])C(O)c1ccccc1SCc1ccccc1. The normalized spacial score (nSPS) is 11.4. The lowest BCUT2D eigenvalue weighted by Gasteiger charge is -2.12. The predicted octanol–water partition coefficient (Wildman–Crippen LogP) is 3.25. The van der Waals surface area contributed by atoms with Crippen molar-refractivity contribution in [3.8, 4) is 0 Å². The number of hydrogen-bond donors (Lipinski definition) is 1. The highest BCUT2D eigenvalue weighted by Crippen LogP contribution is 2.30. The van der Waals surface area contributed by atoms with Gasteiger partial charge in [0.05, 0.1) is 6.61 Å². The number of benzene rings is 2. The van der Waals surface area contributed by atoms with E-state index in [-0.39, 0.29) is 6.61 Å². The summed E-state index contributed by atoms with van der Waals surface area (Å²) in [5.41, 5.74) is 10.3. The smallest absolute Gasteiger partial charge is 0.420 e. The zero-order chi connectivity index (χ0) is 17.4. The lowest BCUT2D eigenvalue weighted by Crippen LogP contribution is -2.26. The van der Waals surface area contributed by atoms with Gasteiger partial charge in [-0.2, -0.15) is 4.79 Å². The third-order valence-electron chi connectivity index (χ3n) is 3.30. The standard InChI is InChI=1S/C18H18N2O3S/c1-2-23-18(22)16(20-19)17(21)14-10-6-7-11-15(14)24-12-13-8-4-3-5-9-13/h3-11,17,21H,2,12H2,1H3. The van der Waals surface area contributed by atoms with E-state index in [0.717, 1.165) is 16.2 Å². The van der Waals surface area contributed by atoms with Gasteiger partial charge in [0.2, 0.25) is 0 Å². The van der Waals surface area contributed by atoms with Gasteiger partial charge in [-0.1, -0.05) is 48.5 Å². The number of carbonyl (C=O) groups is 1. The molecule has 2 rings (SSSR count). The van der Waals surface area contributed by atoms with Gasteiger partial charge in [0.15, 0.2) is 6.10 Å². The molecule has 2 aromatic rings. The van der Waals surface area contributed by atoms with Crippen LogP contribution >= 0.6 is 11.8 Å². The number of carbonyl (C=O) groups excluding carboxylic acids is 1. The molecule has 2 aromatic carbocycles. The molecule has 0 heterocycles. The van der Waals surface area contributed by atoms with Gasteiger partial charge in [0.1, 0.15) is 0 Å². The van der Waals surface area contributed by atoms with Crippen molar-refractivity contribution in [1.29, 1.82) is 0 Å². The minimum Gasteiger partial charge on any atom is -0.457 e. The molecule has 1 N–H and O–H groups in total. The van der Waals surface area contributed by atoms with Gasteiger partial charge in [-0.05, 0) is 18.6 Å². The van der Waals surface area contributed by atoms with Crippen molar-refractivity contribution in [2.24, 2.45) is 0 Å². The van der Waals surface area contributed by atoms with Crippen LogP contribution in [0.15, 0.2) is 59.5 Å². The van der Waals surface area contributed by atoms with Gasteiger partial charge in [-0.3, -0.25) is 0 Å². The van der Waals surface area contributed by atoms with Crippen LogP contribution in [0.5, 0.6) is 0 Å². The van der Waals surface area contributed by atoms with E-state index >= 15 is 0 Å². The van der Waals surface area contributed by atoms with E-state index < -0.39 is 17.8 Å². The second kappa shape index (κ2) is 9.03. The van der Waals surface area contributed by atoms with Crippen LogP contribution < -0.4 is 0 Å². The van der Waals surface area contributed by atoms with Gasteiger partial charge >= 0.3 is 11.7 Å². The maximum Gasteiger partial charge on any atom is 0.420 e. The molecule has 0 bridgehead atoms. The summed E-state index contributed by atoms with van der Waals surface area (Å²) in [7, 11) is 0. The van der Waals surface area contributed by atoms with Crippen molar-refractivity contribution in [3.63, 3.8) is 0 Å². The Balaban J connectivity index is 2.21. The summed E-state index contributed by atoms with van der Waals surface area (Å²) in [6.07, 6.45) is -1.35. The highest BCUT2D eigenvalue weighted by atomic mass is 32.2. The third kappa shape index (κ3) is 4.55. The lowest BCUT2D eigenvalue weighted by atomic mass is 10.1. The average Bonchev–Trinajstić information content (AvgIpc) is 2.62. The largest absolute Gasteiger partial charge is 0.457 e. The van der Waals surface area contributed by atoms with E-state index in [1.54, 1.807) is 19.1 Å². The fourth-order valence-electron chi connectivity index (χ4n) is 2.13. The molecule has 0 saturated heterocycles. The fraction of sp³-hybridized carbons (Fsp3) is 0.222. The van der Waals surface area contributed by atoms with E-state index in [0.29, 0.717) is 5.56 Å². The minimum atomic E-state index is -1.35. The highest BCUT2D eigenvalue weighted by Gasteiger charge is 2.33. The van der Waals surface area contributed by atoms with Gasteiger partial charge in [-0.15, -0.1) is 11.8 Å². The first-order chi connectivity index (χ1) is 11.7. The number of thioether (sulfide) groups is 1. The summed E-state index contributed by atoms with van der Waals surface area (Å²) in [4.78, 5) is 15.5. The fourth-order valence-corrected chi connectivity index (χ4v) is 3.17. The minimum absolute atomic E-state index is 0.134. The zero-order valence-corrected chi connectivity index (χ0v) is 14.1. The van der Waals surface area contributed by atoms with Crippen molar-refractivity contribution < 1.29 is 19.4 Å². The number of ether oxygens (including phenoxy) is 1. The molecule has 1 atom stereocenters. The Morgan fingerprint density at radius 1 is 1.21 bits per heavy atom. The van der Waals surface area contributed by atoms with Crippen molar-refractivity contribution in [2.45, 2.75) is 23.7 Å². The second-order valence-electron chi connectivity index (χ2n) is 4.92. The first kappa shape index (κ1) is 17.9. The van der Waals surface area contributed by atoms with Crippen LogP contribution in [0.4, 0.5) is 0 Å². The van der Waals surface area contributed by atoms with Crippen LogP contribution in [-0.4, -0.2) is 28.2 Å². The van der Waals surface area contributed by atoms with E-state index in [1.807, 2.05) is 42.5 Å². The van der Waals surface area contributed by atoms with E-state index in [4.69, 9.17) is 10.3 Å². The molecule has 6 heteroatoms. The van der Waals surface area contributed by atoms with Crippen LogP contribution in [0, 0.1) is 0 Å². The Labute approximate surface area is 144 Å². The van der Waals surface area contributed by atoms with E-state index in [9.17, 15) is 9.90 Å². The van der Waals surface area contributed by atoms with Crippen LogP contribution in [0.3, 0.4) is 0 Å². The Morgan fingerprint density at radius 2 is 1.88 bits per heavy atom. The Hall–Kier alpha value is -2.40. The number of rotatable bonds is 7. The molecule has 0 saturated carbocycles. The van der Waals surface area contributed by atoms with Crippen molar-refractivity contribution in [2.75, 3.05) is 6.61 Å². The topological polar surface area (TPSA) is 82.9 Å². The molecule has 0 radical (unpaired) electrons. The molecule has 0 spiro atoms. The quantitative estimate of drug-likeness (QED) is 0.275. The number of aliphatic hydroxyl groups is 1. The van der Waals surface area contributed by atoms with Crippen molar-refractivity contribution in [1.82, 2.24) is 0 Å². The average molecular weight is 342 g/mol. The maximum absolute atomic E-state index is 11.8. The van der Waals surface area contributed by atoms with Crippen LogP contribution in [0.1, 0.15) is 24.2 Å². The van der Waals surface area contributed by atoms with Gasteiger partial charge in [-0.25, -0.2) is 4.79 Å². The van der Waals surface area contributed by atoms with Crippen LogP contribution in [0.2, 0.25) is 0 Å². The van der Waals surface area contributed by atoms with Crippen molar-refractivity contribution in [3.05, 3.63) is 71.3 Å². The summed E-state index contributed by atoms with van der Waals surface area (Å²) < 4.78 is 4.81. The Bertz CT molecular complexity index is 743. The number of esters is 1. The first-order valence-electron chi connectivity index (χ1n) is 7.50. The number of nitrogens with zero attached hydrogens (tertiary/aromatic N) is 2. The Kier molecular flexibility index (Phi) is 6.75. The molecule has 0 aliphatic rings. The molecule has 0 fully saturated rings. The molecule has 5 nitrogen and oxygen atoms in total. The molecule has 124 valence electrons. The number of hydrogen-bond acceptors (Lipinski definition) is 4. The van der Waals surface area contributed by atoms with Gasteiger partial charge in [0, 0.05) is 16.2 Å². The van der Waals surface area contributed by atoms with Gasteiger partial charge < -0.3 is 15.4 Å². The molecular weight excluding hydrogens is 324 g/mol. The molecule has 24 heavy (non-hydrogen) atoms. The lowest BCUT2D eigenvalue weighted by molar-refractivity contribution is -0.141. The van der Waals surface area contributed by atoms with Crippen LogP contribution in [-0.2, 0) is 15.3 Å². The van der Waals surface area contributed by atoms with Gasteiger partial charge in [0.25, 0.3) is 0 Å². The first-order valence-corrected chi connectivity index (χ1v) is 8.48. The molecule has 1 unspecified atom stereocenters. The molecule has 0 aromatic heterocycles. The third-order valence-corrected chi connectivity index (χ3v) is 4.46.